The van der Waals surface area contributed by atoms with Crippen molar-refractivity contribution in [2.75, 3.05) is 0 Å². The molecule has 1 aliphatic rings. The van der Waals surface area contributed by atoms with E-state index < -0.39 is 17.5 Å². The van der Waals surface area contributed by atoms with Crippen LogP contribution in [0.1, 0.15) is 17.8 Å². The average Bonchev–Trinajstić information content (AvgIpc) is 2.83. The third-order valence-electron chi connectivity index (χ3n) is 2.45. The van der Waals surface area contributed by atoms with Gasteiger partial charge in [0.1, 0.15) is 5.01 Å². The van der Waals surface area contributed by atoms with Crippen LogP contribution in [0, 0.1) is 0 Å². The first-order valence-electron chi connectivity index (χ1n) is 4.09. The minimum absolute atomic E-state index is 0.623. The molecule has 1 fully saturated rings. The lowest BCUT2D eigenvalue weighted by atomic mass is 10.0. The van der Waals surface area contributed by atoms with E-state index >= 15 is 0 Å². The van der Waals surface area contributed by atoms with E-state index in [0.717, 1.165) is 3.79 Å². The smallest absolute Gasteiger partial charge is 0.333 e. The monoisotopic (exact) mass is 277 g/mol. The van der Waals surface area contributed by atoms with Crippen LogP contribution in [0.25, 0.3) is 0 Å². The molecular weight excluding hydrogens is 270 g/mol. The summed E-state index contributed by atoms with van der Waals surface area (Å²) < 4.78 is 0.858. The number of halogens is 1. The van der Waals surface area contributed by atoms with Gasteiger partial charge in [0.05, 0.1) is 15.4 Å². The van der Waals surface area contributed by atoms with Gasteiger partial charge in [-0.1, -0.05) is 0 Å². The van der Waals surface area contributed by atoms with E-state index in [2.05, 4.69) is 20.9 Å². The van der Waals surface area contributed by atoms with Crippen molar-refractivity contribution in [3.05, 3.63) is 15.0 Å². The molecule has 0 amide bonds. The lowest BCUT2D eigenvalue weighted by Crippen LogP contribution is -2.33. The minimum Gasteiger partial charge on any atom is -0.479 e. The summed E-state index contributed by atoms with van der Waals surface area (Å²) in [5.74, 6) is -1.17. The number of carboxylic acids is 1. The number of aliphatic hydroxyl groups excluding tert-OH is 1. The summed E-state index contributed by atoms with van der Waals surface area (Å²) in [7, 11) is 0. The second-order valence-electron chi connectivity index (χ2n) is 3.37. The molecule has 1 atom stereocenters. The van der Waals surface area contributed by atoms with Crippen molar-refractivity contribution in [2.45, 2.75) is 24.4 Å². The van der Waals surface area contributed by atoms with E-state index in [1.165, 1.54) is 11.3 Å². The number of nitrogens with zero attached hydrogens (tertiary/aromatic N) is 1. The molecule has 1 aliphatic carbocycles. The first-order chi connectivity index (χ1) is 6.56. The van der Waals surface area contributed by atoms with Gasteiger partial charge in [-0.25, -0.2) is 9.78 Å². The molecular formula is C8H8BrNO3S. The summed E-state index contributed by atoms with van der Waals surface area (Å²) >= 11 is 4.65. The van der Waals surface area contributed by atoms with Crippen LogP contribution in [-0.2, 0) is 10.2 Å². The van der Waals surface area contributed by atoms with E-state index in [-0.39, 0.29) is 0 Å². The number of hydrogen-bond acceptors (Lipinski definition) is 4. The maximum absolute atomic E-state index is 10.7. The number of thiazole rings is 1. The summed E-state index contributed by atoms with van der Waals surface area (Å²) in [5.41, 5.74) is -0.623. The number of hydrogen-bond donors (Lipinski definition) is 2. The van der Waals surface area contributed by atoms with Crippen molar-refractivity contribution in [1.82, 2.24) is 4.98 Å². The van der Waals surface area contributed by atoms with Crippen molar-refractivity contribution in [3.63, 3.8) is 0 Å². The van der Waals surface area contributed by atoms with Gasteiger partial charge in [-0.05, 0) is 28.8 Å². The fourth-order valence-corrected chi connectivity index (χ4v) is 2.94. The Labute approximate surface area is 92.7 Å². The molecule has 0 aromatic carbocycles. The Morgan fingerprint density at radius 3 is 2.71 bits per heavy atom. The van der Waals surface area contributed by atoms with E-state index in [1.54, 1.807) is 6.20 Å². The van der Waals surface area contributed by atoms with Crippen LogP contribution in [0.5, 0.6) is 0 Å². The Morgan fingerprint density at radius 1 is 1.71 bits per heavy atom. The Hall–Kier alpha value is -0.460. The molecule has 0 radical (unpaired) electrons. The Bertz CT molecular complexity index is 374. The first kappa shape index (κ1) is 10.1. The molecule has 0 saturated heterocycles. The Morgan fingerprint density at radius 2 is 2.36 bits per heavy atom. The predicted octanol–water partition coefficient (Wildman–Crippen LogP) is 1.38. The summed E-state index contributed by atoms with van der Waals surface area (Å²) in [4.78, 5) is 14.8. The maximum atomic E-state index is 10.7. The molecule has 0 bridgehead atoms. The largest absolute Gasteiger partial charge is 0.479 e. The molecule has 2 rings (SSSR count). The van der Waals surface area contributed by atoms with Gasteiger partial charge in [0.2, 0.25) is 0 Å². The third kappa shape index (κ3) is 1.47. The topological polar surface area (TPSA) is 70.4 Å². The summed E-state index contributed by atoms with van der Waals surface area (Å²) in [6.07, 6.45) is 1.69. The van der Waals surface area contributed by atoms with Crippen LogP contribution in [-0.4, -0.2) is 27.3 Å². The van der Waals surface area contributed by atoms with Gasteiger partial charge in [-0.2, -0.15) is 0 Å². The van der Waals surface area contributed by atoms with Gasteiger partial charge in [-0.3, -0.25) is 0 Å². The molecule has 1 heterocycles. The van der Waals surface area contributed by atoms with E-state index in [9.17, 15) is 9.90 Å². The molecule has 76 valence electrons. The minimum atomic E-state index is -1.33. The van der Waals surface area contributed by atoms with Gasteiger partial charge >= 0.3 is 5.97 Å². The molecule has 1 aromatic rings. The summed E-state index contributed by atoms with van der Waals surface area (Å²) in [5, 5.41) is 19.0. The highest BCUT2D eigenvalue weighted by atomic mass is 79.9. The fourth-order valence-electron chi connectivity index (χ4n) is 1.46. The normalized spacial score (nSPS) is 20.4. The van der Waals surface area contributed by atoms with E-state index in [4.69, 9.17) is 5.11 Å². The highest BCUT2D eigenvalue weighted by Crippen LogP contribution is 2.52. The fraction of sp³-hybridized carbons (Fsp3) is 0.500. The van der Waals surface area contributed by atoms with E-state index in [0.29, 0.717) is 17.8 Å². The molecule has 1 aromatic heterocycles. The molecule has 1 unspecified atom stereocenters. The van der Waals surface area contributed by atoms with Crippen LogP contribution < -0.4 is 0 Å². The number of aromatic nitrogens is 1. The molecule has 2 N–H and O–H groups in total. The highest BCUT2D eigenvalue weighted by Gasteiger charge is 2.55. The zero-order valence-electron chi connectivity index (χ0n) is 7.11. The van der Waals surface area contributed by atoms with Crippen LogP contribution in [0.4, 0.5) is 0 Å². The average molecular weight is 278 g/mol. The van der Waals surface area contributed by atoms with Crippen LogP contribution >= 0.6 is 27.3 Å². The van der Waals surface area contributed by atoms with Gasteiger partial charge in [0, 0.05) is 0 Å². The maximum Gasteiger partial charge on any atom is 0.333 e. The van der Waals surface area contributed by atoms with Gasteiger partial charge in [-0.15, -0.1) is 11.3 Å². The Balaban J connectivity index is 2.29. The zero-order valence-corrected chi connectivity index (χ0v) is 9.51. The van der Waals surface area contributed by atoms with Gasteiger partial charge in [0.15, 0.2) is 6.10 Å². The quantitative estimate of drug-likeness (QED) is 0.876. The van der Waals surface area contributed by atoms with Crippen LogP contribution in [0.15, 0.2) is 9.98 Å². The molecule has 14 heavy (non-hydrogen) atoms. The molecule has 6 heteroatoms. The van der Waals surface area contributed by atoms with E-state index in [1.807, 2.05) is 0 Å². The van der Waals surface area contributed by atoms with Crippen LogP contribution in [0.3, 0.4) is 0 Å². The van der Waals surface area contributed by atoms with Gasteiger partial charge in [0.25, 0.3) is 0 Å². The number of aliphatic hydroxyl groups is 1. The van der Waals surface area contributed by atoms with Gasteiger partial charge < -0.3 is 10.2 Å². The predicted molar refractivity (Wildman–Crippen MR) is 54.4 cm³/mol. The van der Waals surface area contributed by atoms with Crippen molar-refractivity contribution < 1.29 is 15.0 Å². The van der Waals surface area contributed by atoms with Crippen molar-refractivity contribution >= 4 is 33.2 Å². The molecule has 1 saturated carbocycles. The SMILES string of the molecule is O=C(O)C(O)C1(c2ncc(Br)s2)CC1. The Kier molecular flexibility index (Phi) is 2.36. The number of aliphatic carboxylic acids is 1. The summed E-state index contributed by atoms with van der Waals surface area (Å²) in [6.45, 7) is 0. The summed E-state index contributed by atoms with van der Waals surface area (Å²) in [6, 6.07) is 0. The van der Waals surface area contributed by atoms with Crippen molar-refractivity contribution in [1.29, 1.82) is 0 Å². The third-order valence-corrected chi connectivity index (χ3v) is 4.15. The zero-order chi connectivity index (χ0) is 10.3. The van der Waals surface area contributed by atoms with Crippen LogP contribution in [0.2, 0.25) is 0 Å². The second kappa shape index (κ2) is 3.29. The standard InChI is InChI=1S/C8H8BrNO3S/c9-4-3-10-7(14-4)8(1-2-8)5(11)6(12)13/h3,5,11H,1-2H2,(H,12,13). The second-order valence-corrected chi connectivity index (χ2v) is 5.78. The molecule has 4 nitrogen and oxygen atoms in total. The van der Waals surface area contributed by atoms with Crippen molar-refractivity contribution in [2.24, 2.45) is 0 Å². The molecule has 0 aliphatic heterocycles. The number of carbonyl (C=O) groups is 1. The number of carboxylic acid groups (broad SMARTS) is 1. The lowest BCUT2D eigenvalue weighted by Gasteiger charge is -2.15. The highest BCUT2D eigenvalue weighted by molar-refractivity contribution is 9.11. The molecule has 0 spiro atoms. The lowest BCUT2D eigenvalue weighted by molar-refractivity contribution is -0.148. The first-order valence-corrected chi connectivity index (χ1v) is 5.70. The number of rotatable bonds is 3. The van der Waals surface area contributed by atoms with Crippen molar-refractivity contribution in [3.8, 4) is 0 Å².